The molecule has 0 aliphatic heterocycles. The monoisotopic (exact) mass is 121 g/mol. The summed E-state index contributed by atoms with van der Waals surface area (Å²) in [6, 6.07) is 3.78. The fraction of sp³-hybridized carbons (Fsp3) is 0.143. The Morgan fingerprint density at radius 1 is 1.67 bits per heavy atom. The molecule has 0 unspecified atom stereocenters. The van der Waals surface area contributed by atoms with Gasteiger partial charge in [-0.2, -0.15) is 0 Å². The van der Waals surface area contributed by atoms with Crippen LogP contribution in [-0.4, -0.2) is 4.98 Å². The highest BCUT2D eigenvalue weighted by Gasteiger charge is 1.92. The Morgan fingerprint density at radius 2 is 2.44 bits per heavy atom. The van der Waals surface area contributed by atoms with Crippen LogP contribution in [0.3, 0.4) is 0 Å². The van der Waals surface area contributed by atoms with E-state index < -0.39 is 0 Å². The number of nitrogen functional groups attached to an aromatic ring is 1. The summed E-state index contributed by atoms with van der Waals surface area (Å²) in [6.45, 7) is 3.70. The molecule has 0 atom stereocenters. The van der Waals surface area contributed by atoms with Crippen LogP contribution in [0.4, 0.5) is 5.82 Å². The standard InChI is InChI=1S/C7H9N2/c1-2-6-4-3-5-9-7(6)8/h3-5H,1-2H2,(H2,8,9). The van der Waals surface area contributed by atoms with Gasteiger partial charge in [0.15, 0.2) is 0 Å². The van der Waals surface area contributed by atoms with E-state index in [1.165, 1.54) is 0 Å². The van der Waals surface area contributed by atoms with E-state index in [1.54, 1.807) is 6.20 Å². The second kappa shape index (κ2) is 2.49. The minimum atomic E-state index is 0.590. The van der Waals surface area contributed by atoms with E-state index in [-0.39, 0.29) is 0 Å². The number of hydrogen-bond donors (Lipinski definition) is 1. The predicted molar refractivity (Wildman–Crippen MR) is 37.7 cm³/mol. The van der Waals surface area contributed by atoms with Crippen molar-refractivity contribution in [1.82, 2.24) is 4.98 Å². The van der Waals surface area contributed by atoms with Gasteiger partial charge in [-0.25, -0.2) is 4.98 Å². The van der Waals surface area contributed by atoms with E-state index >= 15 is 0 Å². The molecule has 0 saturated carbocycles. The van der Waals surface area contributed by atoms with Crippen molar-refractivity contribution >= 4 is 5.82 Å². The van der Waals surface area contributed by atoms with E-state index in [0.29, 0.717) is 12.2 Å². The summed E-state index contributed by atoms with van der Waals surface area (Å²) in [6.07, 6.45) is 2.38. The molecular weight excluding hydrogens is 112 g/mol. The summed E-state index contributed by atoms with van der Waals surface area (Å²) < 4.78 is 0. The lowest BCUT2D eigenvalue weighted by atomic mass is 10.2. The van der Waals surface area contributed by atoms with Crippen LogP contribution in [-0.2, 0) is 6.42 Å². The Morgan fingerprint density at radius 3 is 2.89 bits per heavy atom. The van der Waals surface area contributed by atoms with Gasteiger partial charge in [0.25, 0.3) is 0 Å². The SMILES string of the molecule is [CH2]Cc1cccnc1N. The topological polar surface area (TPSA) is 38.9 Å². The highest BCUT2D eigenvalue weighted by atomic mass is 14.8. The van der Waals surface area contributed by atoms with Crippen LogP contribution < -0.4 is 5.73 Å². The molecule has 2 nitrogen and oxygen atoms in total. The highest BCUT2D eigenvalue weighted by Crippen LogP contribution is 2.05. The van der Waals surface area contributed by atoms with Gasteiger partial charge in [-0.1, -0.05) is 6.07 Å². The van der Waals surface area contributed by atoms with Crippen LogP contribution >= 0.6 is 0 Å². The number of aromatic nitrogens is 1. The Hall–Kier alpha value is -1.05. The summed E-state index contributed by atoms with van der Waals surface area (Å²) in [5, 5.41) is 0. The largest absolute Gasteiger partial charge is 0.383 e. The molecular formula is C7H9N2. The first kappa shape index (κ1) is 6.08. The maximum absolute atomic E-state index is 5.48. The molecule has 1 radical (unpaired) electrons. The number of nitrogens with zero attached hydrogens (tertiary/aromatic N) is 1. The average Bonchev–Trinajstić information content (AvgIpc) is 1.89. The van der Waals surface area contributed by atoms with Crippen molar-refractivity contribution in [2.45, 2.75) is 6.42 Å². The molecule has 0 aromatic carbocycles. The third-order valence-corrected chi connectivity index (χ3v) is 1.20. The van der Waals surface area contributed by atoms with Gasteiger partial charge in [0.05, 0.1) is 0 Å². The van der Waals surface area contributed by atoms with Gasteiger partial charge in [0.2, 0.25) is 0 Å². The molecule has 0 amide bonds. The molecule has 0 bridgehead atoms. The van der Waals surface area contributed by atoms with E-state index in [2.05, 4.69) is 11.9 Å². The first-order valence-electron chi connectivity index (χ1n) is 2.83. The zero-order valence-electron chi connectivity index (χ0n) is 5.17. The lowest BCUT2D eigenvalue weighted by molar-refractivity contribution is 1.20. The van der Waals surface area contributed by atoms with Crippen LogP contribution in [0.1, 0.15) is 5.56 Å². The second-order valence-electron chi connectivity index (χ2n) is 1.80. The van der Waals surface area contributed by atoms with Gasteiger partial charge < -0.3 is 5.73 Å². The summed E-state index contributed by atoms with van der Waals surface area (Å²) in [7, 11) is 0. The highest BCUT2D eigenvalue weighted by molar-refractivity contribution is 5.38. The number of rotatable bonds is 1. The van der Waals surface area contributed by atoms with Crippen molar-refractivity contribution in [2.24, 2.45) is 0 Å². The molecule has 2 N–H and O–H groups in total. The lowest BCUT2D eigenvalue weighted by Gasteiger charge is -1.97. The minimum Gasteiger partial charge on any atom is -0.383 e. The molecule has 2 heteroatoms. The number of nitrogens with two attached hydrogens (primary N) is 1. The molecule has 1 heterocycles. The Kier molecular flexibility index (Phi) is 1.68. The second-order valence-corrected chi connectivity index (χ2v) is 1.80. The quantitative estimate of drug-likeness (QED) is 0.603. The molecule has 1 rings (SSSR count). The van der Waals surface area contributed by atoms with Gasteiger partial charge in [-0.3, -0.25) is 0 Å². The molecule has 1 aromatic heterocycles. The third kappa shape index (κ3) is 1.19. The van der Waals surface area contributed by atoms with Crippen molar-refractivity contribution < 1.29 is 0 Å². The summed E-state index contributed by atoms with van der Waals surface area (Å²) in [5.74, 6) is 0.590. The predicted octanol–water partition coefficient (Wildman–Crippen LogP) is 1.04. The maximum atomic E-state index is 5.48. The Labute approximate surface area is 54.7 Å². The number of hydrogen-bond acceptors (Lipinski definition) is 2. The molecule has 1 aromatic rings. The average molecular weight is 121 g/mol. The van der Waals surface area contributed by atoms with Crippen LogP contribution in [0.5, 0.6) is 0 Å². The van der Waals surface area contributed by atoms with Crippen LogP contribution in [0.15, 0.2) is 18.3 Å². The van der Waals surface area contributed by atoms with Gasteiger partial charge in [-0.05, 0) is 25.0 Å². The van der Waals surface area contributed by atoms with Gasteiger partial charge in [0.1, 0.15) is 5.82 Å². The molecule has 0 spiro atoms. The summed E-state index contributed by atoms with van der Waals surface area (Å²) in [4.78, 5) is 3.89. The number of pyridine rings is 1. The molecule has 0 saturated heterocycles. The third-order valence-electron chi connectivity index (χ3n) is 1.20. The zero-order valence-corrected chi connectivity index (χ0v) is 5.17. The Bertz CT molecular complexity index is 196. The summed E-state index contributed by atoms with van der Waals surface area (Å²) >= 11 is 0. The van der Waals surface area contributed by atoms with E-state index in [4.69, 9.17) is 5.73 Å². The molecule has 0 aliphatic carbocycles. The van der Waals surface area contributed by atoms with Crippen molar-refractivity contribution in [3.63, 3.8) is 0 Å². The van der Waals surface area contributed by atoms with Crippen LogP contribution in [0.2, 0.25) is 0 Å². The smallest absolute Gasteiger partial charge is 0.126 e. The van der Waals surface area contributed by atoms with E-state index in [1.807, 2.05) is 12.1 Å². The zero-order chi connectivity index (χ0) is 6.69. The van der Waals surface area contributed by atoms with E-state index in [9.17, 15) is 0 Å². The maximum Gasteiger partial charge on any atom is 0.126 e. The molecule has 0 fully saturated rings. The van der Waals surface area contributed by atoms with Gasteiger partial charge in [0, 0.05) is 6.20 Å². The minimum absolute atomic E-state index is 0.590. The van der Waals surface area contributed by atoms with E-state index in [0.717, 1.165) is 5.56 Å². The lowest BCUT2D eigenvalue weighted by Crippen LogP contribution is -1.94. The number of anilines is 1. The van der Waals surface area contributed by atoms with Crippen molar-refractivity contribution in [1.29, 1.82) is 0 Å². The first-order valence-corrected chi connectivity index (χ1v) is 2.83. The molecule has 9 heavy (non-hydrogen) atoms. The van der Waals surface area contributed by atoms with Crippen molar-refractivity contribution in [2.75, 3.05) is 5.73 Å². The molecule has 47 valence electrons. The fourth-order valence-corrected chi connectivity index (χ4v) is 0.662. The normalized spacial score (nSPS) is 9.44. The fourth-order valence-electron chi connectivity index (χ4n) is 0.662. The Balaban J connectivity index is 3.01. The first-order chi connectivity index (χ1) is 4.34. The van der Waals surface area contributed by atoms with Gasteiger partial charge >= 0.3 is 0 Å². The van der Waals surface area contributed by atoms with Crippen LogP contribution in [0, 0.1) is 6.92 Å². The van der Waals surface area contributed by atoms with Crippen molar-refractivity contribution in [3.05, 3.63) is 30.8 Å². The van der Waals surface area contributed by atoms with Gasteiger partial charge in [-0.15, -0.1) is 0 Å². The van der Waals surface area contributed by atoms with Crippen molar-refractivity contribution in [3.8, 4) is 0 Å². The summed E-state index contributed by atoms with van der Waals surface area (Å²) in [5.41, 5.74) is 6.49. The molecule has 0 aliphatic rings. The van der Waals surface area contributed by atoms with Crippen LogP contribution in [0.25, 0.3) is 0 Å².